The third-order valence-electron chi connectivity index (χ3n) is 8.57. The summed E-state index contributed by atoms with van der Waals surface area (Å²) in [7, 11) is 3.96. The van der Waals surface area contributed by atoms with Crippen LogP contribution in [0.4, 0.5) is 5.69 Å². The van der Waals surface area contributed by atoms with Gasteiger partial charge in [-0.25, -0.2) is 0 Å². The van der Waals surface area contributed by atoms with Gasteiger partial charge in [0.05, 0.1) is 12.7 Å². The fourth-order valence-corrected chi connectivity index (χ4v) is 6.41. The van der Waals surface area contributed by atoms with Gasteiger partial charge in [-0.05, 0) is 80.5 Å². The first-order valence-corrected chi connectivity index (χ1v) is 13.4. The third-order valence-corrected chi connectivity index (χ3v) is 8.81. The molecule has 7 nitrogen and oxygen atoms in total. The lowest BCUT2D eigenvalue weighted by Gasteiger charge is -2.55. The summed E-state index contributed by atoms with van der Waals surface area (Å²) in [6.07, 6.45) is 2.79. The number of halogens is 1. The fourth-order valence-electron chi connectivity index (χ4n) is 6.23. The number of carboxylic acid groups (broad SMARTS) is 1. The molecule has 2 aromatic rings. The van der Waals surface area contributed by atoms with E-state index >= 15 is 0 Å². The monoisotopic (exact) mass is 526 g/mol. The molecule has 3 aliphatic rings. The van der Waals surface area contributed by atoms with Gasteiger partial charge in [0, 0.05) is 61.4 Å². The van der Waals surface area contributed by atoms with E-state index in [1.807, 2.05) is 67.2 Å². The molecule has 5 rings (SSSR count). The summed E-state index contributed by atoms with van der Waals surface area (Å²) < 4.78 is 13.1. The molecule has 1 spiro atoms. The Hall–Kier alpha value is -2.77. The highest BCUT2D eigenvalue weighted by atomic mass is 35.5. The molecular formula is C29H35ClN2O5. The van der Waals surface area contributed by atoms with Gasteiger partial charge in [0.2, 0.25) is 0 Å². The van der Waals surface area contributed by atoms with Gasteiger partial charge in [-0.2, -0.15) is 0 Å². The Balaban J connectivity index is 1.32. The van der Waals surface area contributed by atoms with Crippen LogP contribution in [0.1, 0.15) is 61.1 Å². The fraction of sp³-hybridized carbons (Fsp3) is 0.517. The molecule has 1 amide bonds. The van der Waals surface area contributed by atoms with Crippen molar-refractivity contribution in [2.45, 2.75) is 50.7 Å². The number of rotatable bonds is 5. The number of benzene rings is 2. The van der Waals surface area contributed by atoms with E-state index in [0.29, 0.717) is 36.7 Å². The Morgan fingerprint density at radius 2 is 1.84 bits per heavy atom. The standard InChI is InChI=1S/C29H35ClN2O5/c1-28(11-10-25(33)34)23-17-29(18-36-26(23)22-16-20(30)6-9-24(22)37-28)12-14-32(15-13-29)27(35)19-4-7-21(8-5-19)31(2)3/h4-9,16,23,26H,10-15,17-18H2,1-3H3,(H,33,34)/t23-,26+,28-/m1/s1. The van der Waals surface area contributed by atoms with Crippen molar-refractivity contribution in [3.63, 3.8) is 0 Å². The van der Waals surface area contributed by atoms with Crippen molar-refractivity contribution in [2.75, 3.05) is 38.7 Å². The molecule has 8 heteroatoms. The molecule has 0 saturated carbocycles. The molecule has 198 valence electrons. The topological polar surface area (TPSA) is 79.3 Å². The molecule has 0 unspecified atom stereocenters. The zero-order valence-corrected chi connectivity index (χ0v) is 22.5. The number of carbonyl (C=O) groups excluding carboxylic acids is 1. The van der Waals surface area contributed by atoms with Crippen molar-refractivity contribution < 1.29 is 24.2 Å². The van der Waals surface area contributed by atoms with Crippen LogP contribution in [0, 0.1) is 11.3 Å². The van der Waals surface area contributed by atoms with Gasteiger partial charge in [0.15, 0.2) is 0 Å². The van der Waals surface area contributed by atoms with Gasteiger partial charge in [-0.1, -0.05) is 11.6 Å². The van der Waals surface area contributed by atoms with Gasteiger partial charge >= 0.3 is 5.97 Å². The number of aliphatic carboxylic acids is 1. The first kappa shape index (κ1) is 25.9. The van der Waals surface area contributed by atoms with E-state index in [2.05, 4.69) is 0 Å². The van der Waals surface area contributed by atoms with Crippen LogP contribution in [0.2, 0.25) is 5.02 Å². The van der Waals surface area contributed by atoms with Crippen molar-refractivity contribution in [3.8, 4) is 5.75 Å². The van der Waals surface area contributed by atoms with Crippen LogP contribution >= 0.6 is 11.6 Å². The summed E-state index contributed by atoms with van der Waals surface area (Å²) in [6.45, 7) is 3.96. The van der Waals surface area contributed by atoms with Crippen LogP contribution < -0.4 is 9.64 Å². The summed E-state index contributed by atoms with van der Waals surface area (Å²) in [5, 5.41) is 10.0. The molecule has 0 bridgehead atoms. The molecule has 0 aromatic heterocycles. The third kappa shape index (κ3) is 5.04. The van der Waals surface area contributed by atoms with Crippen molar-refractivity contribution in [1.82, 2.24) is 4.90 Å². The minimum absolute atomic E-state index is 0.00704. The summed E-state index contributed by atoms with van der Waals surface area (Å²) in [6, 6.07) is 13.3. The zero-order chi connectivity index (χ0) is 26.4. The Kier molecular flexibility index (Phi) is 6.88. The number of hydrogen-bond donors (Lipinski definition) is 1. The number of carbonyl (C=O) groups is 2. The van der Waals surface area contributed by atoms with Crippen LogP contribution in [-0.4, -0.2) is 61.3 Å². The molecule has 2 saturated heterocycles. The number of nitrogens with zero attached hydrogens (tertiary/aromatic N) is 2. The van der Waals surface area contributed by atoms with Gasteiger partial charge < -0.3 is 24.4 Å². The van der Waals surface area contributed by atoms with Crippen LogP contribution in [0.3, 0.4) is 0 Å². The zero-order valence-electron chi connectivity index (χ0n) is 21.7. The molecule has 2 fully saturated rings. The average molecular weight is 527 g/mol. The SMILES string of the molecule is CN(C)c1ccc(C(=O)N2CCC3(CC2)CO[C@H]2c4cc(Cl)ccc4O[C@](C)(CCC(=O)O)[C@@H]2C3)cc1. The molecule has 2 aromatic carbocycles. The number of fused-ring (bicyclic) bond motifs is 3. The summed E-state index contributed by atoms with van der Waals surface area (Å²) >= 11 is 6.32. The Morgan fingerprint density at radius 3 is 2.49 bits per heavy atom. The van der Waals surface area contributed by atoms with Crippen molar-refractivity contribution in [1.29, 1.82) is 0 Å². The highest BCUT2D eigenvalue weighted by molar-refractivity contribution is 6.30. The number of hydrogen-bond acceptors (Lipinski definition) is 5. The number of ether oxygens (including phenoxy) is 2. The number of carboxylic acids is 1. The number of likely N-dealkylation sites (tertiary alicyclic amines) is 1. The highest BCUT2D eigenvalue weighted by Gasteiger charge is 2.54. The second-order valence-electron chi connectivity index (χ2n) is 11.3. The first-order valence-electron chi connectivity index (χ1n) is 13.0. The molecule has 3 atom stereocenters. The molecule has 37 heavy (non-hydrogen) atoms. The molecular weight excluding hydrogens is 492 g/mol. The van der Waals surface area contributed by atoms with E-state index in [1.165, 1.54) is 0 Å². The van der Waals surface area contributed by atoms with Crippen molar-refractivity contribution >= 4 is 29.2 Å². The van der Waals surface area contributed by atoms with Crippen molar-refractivity contribution in [3.05, 3.63) is 58.6 Å². The lowest BCUT2D eigenvalue weighted by molar-refractivity contribution is -0.180. The van der Waals surface area contributed by atoms with Crippen LogP contribution in [-0.2, 0) is 9.53 Å². The number of amides is 1. The van der Waals surface area contributed by atoms with E-state index in [0.717, 1.165) is 36.3 Å². The van der Waals surface area contributed by atoms with E-state index < -0.39 is 11.6 Å². The Bertz CT molecular complexity index is 1180. The first-order chi connectivity index (χ1) is 17.6. The van der Waals surface area contributed by atoms with E-state index in [4.69, 9.17) is 21.1 Å². The highest BCUT2D eigenvalue weighted by Crippen LogP contribution is 2.57. The Labute approximate surface area is 223 Å². The minimum Gasteiger partial charge on any atom is -0.487 e. The predicted molar refractivity (Wildman–Crippen MR) is 142 cm³/mol. The van der Waals surface area contributed by atoms with Gasteiger partial charge in [-0.15, -0.1) is 0 Å². The lowest BCUT2D eigenvalue weighted by Crippen LogP contribution is -2.55. The Morgan fingerprint density at radius 1 is 1.14 bits per heavy atom. The van der Waals surface area contributed by atoms with Crippen LogP contribution in [0.15, 0.2) is 42.5 Å². The average Bonchev–Trinajstić information content (AvgIpc) is 2.88. The summed E-state index contributed by atoms with van der Waals surface area (Å²) in [5.74, 6) is -0.0617. The maximum Gasteiger partial charge on any atom is 0.303 e. The van der Waals surface area contributed by atoms with Crippen LogP contribution in [0.25, 0.3) is 0 Å². The van der Waals surface area contributed by atoms with E-state index in [9.17, 15) is 14.7 Å². The number of anilines is 1. The quantitative estimate of drug-likeness (QED) is 0.560. The summed E-state index contributed by atoms with van der Waals surface area (Å²) in [5.41, 5.74) is 1.96. The van der Waals surface area contributed by atoms with Gasteiger partial charge in [0.1, 0.15) is 11.4 Å². The van der Waals surface area contributed by atoms with Crippen molar-refractivity contribution in [2.24, 2.45) is 11.3 Å². The van der Waals surface area contributed by atoms with E-state index in [-0.39, 0.29) is 29.8 Å². The smallest absolute Gasteiger partial charge is 0.303 e. The molecule has 0 aliphatic carbocycles. The largest absolute Gasteiger partial charge is 0.487 e. The minimum atomic E-state index is -0.833. The number of piperidine rings is 1. The molecule has 3 aliphatic heterocycles. The van der Waals surface area contributed by atoms with Gasteiger partial charge in [0.25, 0.3) is 5.91 Å². The van der Waals surface area contributed by atoms with Gasteiger partial charge in [-0.3, -0.25) is 9.59 Å². The second-order valence-corrected chi connectivity index (χ2v) is 11.7. The maximum atomic E-state index is 13.2. The van der Waals surface area contributed by atoms with Crippen LogP contribution in [0.5, 0.6) is 5.75 Å². The lowest BCUT2D eigenvalue weighted by atomic mass is 9.63. The van der Waals surface area contributed by atoms with E-state index in [1.54, 1.807) is 6.07 Å². The molecule has 0 radical (unpaired) electrons. The summed E-state index contributed by atoms with van der Waals surface area (Å²) in [4.78, 5) is 28.6. The molecule has 3 heterocycles. The molecule has 1 N–H and O–H groups in total. The predicted octanol–water partition coefficient (Wildman–Crippen LogP) is 5.42. The second kappa shape index (κ2) is 9.84. The maximum absolute atomic E-state index is 13.2. The normalized spacial score (nSPS) is 26.1.